The van der Waals surface area contributed by atoms with Gasteiger partial charge in [-0.2, -0.15) is 0 Å². The molecule has 92 valence electrons. The van der Waals surface area contributed by atoms with Crippen molar-refractivity contribution in [3.05, 3.63) is 28.8 Å². The van der Waals surface area contributed by atoms with E-state index in [2.05, 4.69) is 11.8 Å². The number of hydrogen-bond acceptors (Lipinski definition) is 2. The molecule has 1 aromatic carbocycles. The minimum Gasteiger partial charge on any atom is -0.478 e. The predicted octanol–water partition coefficient (Wildman–Crippen LogP) is 3.27. The lowest BCUT2D eigenvalue weighted by Crippen LogP contribution is -2.46. The Morgan fingerprint density at radius 1 is 1.53 bits per heavy atom. The van der Waals surface area contributed by atoms with Gasteiger partial charge < -0.3 is 10.0 Å². The van der Waals surface area contributed by atoms with Crippen LogP contribution in [0.1, 0.15) is 30.1 Å². The summed E-state index contributed by atoms with van der Waals surface area (Å²) in [5.74, 6) is -0.180. The normalized spacial score (nSPS) is 15.8. The first-order valence-electron chi connectivity index (χ1n) is 5.89. The van der Waals surface area contributed by atoms with Crippen molar-refractivity contribution in [3.63, 3.8) is 0 Å². The van der Waals surface area contributed by atoms with Gasteiger partial charge >= 0.3 is 5.97 Å². The van der Waals surface area contributed by atoms with Gasteiger partial charge in [-0.3, -0.25) is 0 Å². The van der Waals surface area contributed by atoms with E-state index in [1.165, 1.54) is 18.9 Å². The van der Waals surface area contributed by atoms with Crippen LogP contribution in [0.25, 0.3) is 0 Å². The summed E-state index contributed by atoms with van der Waals surface area (Å²) in [6, 6.07) is 4.93. The zero-order chi connectivity index (χ0) is 12.4. The lowest BCUT2D eigenvalue weighted by atomic mass is 9.94. The summed E-state index contributed by atoms with van der Waals surface area (Å²) < 4.78 is 0. The van der Waals surface area contributed by atoms with E-state index < -0.39 is 5.97 Å². The van der Waals surface area contributed by atoms with Crippen LogP contribution in [-0.4, -0.2) is 24.2 Å². The molecule has 0 radical (unpaired) electrons. The minimum absolute atomic E-state index is 0.240. The van der Waals surface area contributed by atoms with Gasteiger partial charge in [0.2, 0.25) is 0 Å². The van der Waals surface area contributed by atoms with Gasteiger partial charge in [-0.25, -0.2) is 4.79 Å². The van der Waals surface area contributed by atoms with Gasteiger partial charge in [-0.05, 0) is 30.5 Å². The summed E-state index contributed by atoms with van der Waals surface area (Å²) in [5, 5.41) is 9.38. The number of nitrogens with zero attached hydrogens (tertiary/aromatic N) is 1. The average Bonchev–Trinajstić information content (AvgIpc) is 2.23. The van der Waals surface area contributed by atoms with Crippen molar-refractivity contribution in [2.45, 2.75) is 19.8 Å². The van der Waals surface area contributed by atoms with E-state index in [1.54, 1.807) is 12.1 Å². The molecule has 1 aliphatic rings. The van der Waals surface area contributed by atoms with Crippen LogP contribution in [-0.2, 0) is 0 Å². The van der Waals surface area contributed by atoms with E-state index in [0.717, 1.165) is 24.7 Å². The van der Waals surface area contributed by atoms with Gasteiger partial charge in [0.05, 0.1) is 16.3 Å². The topological polar surface area (TPSA) is 40.5 Å². The number of benzene rings is 1. The first-order chi connectivity index (χ1) is 8.11. The fourth-order valence-corrected chi connectivity index (χ4v) is 2.55. The Hall–Kier alpha value is -1.22. The van der Waals surface area contributed by atoms with Crippen molar-refractivity contribution in [2.75, 3.05) is 18.0 Å². The molecule has 1 aromatic rings. The number of rotatable bonds is 4. The van der Waals surface area contributed by atoms with Crippen LogP contribution in [0.5, 0.6) is 0 Å². The highest BCUT2D eigenvalue weighted by Gasteiger charge is 2.27. The SMILES string of the molecule is CCCC1CN(c2ccc(C(=O)O)cc2Cl)C1. The second-order valence-corrected chi connectivity index (χ2v) is 4.94. The third-order valence-electron chi connectivity index (χ3n) is 3.19. The van der Waals surface area contributed by atoms with Crippen molar-refractivity contribution < 1.29 is 9.90 Å². The largest absolute Gasteiger partial charge is 0.478 e. The van der Waals surface area contributed by atoms with E-state index in [9.17, 15) is 4.79 Å². The number of carboxylic acids is 1. The third-order valence-corrected chi connectivity index (χ3v) is 3.49. The highest BCUT2D eigenvalue weighted by Crippen LogP contribution is 2.33. The Morgan fingerprint density at radius 3 is 2.76 bits per heavy atom. The number of anilines is 1. The second-order valence-electron chi connectivity index (χ2n) is 4.53. The smallest absolute Gasteiger partial charge is 0.335 e. The van der Waals surface area contributed by atoms with Crippen LogP contribution in [0.3, 0.4) is 0 Å². The fourth-order valence-electron chi connectivity index (χ4n) is 2.25. The van der Waals surface area contributed by atoms with E-state index in [4.69, 9.17) is 16.7 Å². The molecule has 3 nitrogen and oxygen atoms in total. The van der Waals surface area contributed by atoms with E-state index >= 15 is 0 Å². The van der Waals surface area contributed by atoms with Crippen LogP contribution in [0.15, 0.2) is 18.2 Å². The molecule has 0 unspecified atom stereocenters. The van der Waals surface area contributed by atoms with Crippen LogP contribution in [0.2, 0.25) is 5.02 Å². The van der Waals surface area contributed by atoms with Crippen LogP contribution >= 0.6 is 11.6 Å². The van der Waals surface area contributed by atoms with Crippen molar-refractivity contribution in [3.8, 4) is 0 Å². The van der Waals surface area contributed by atoms with E-state index in [1.807, 2.05) is 0 Å². The quantitative estimate of drug-likeness (QED) is 0.895. The molecule has 17 heavy (non-hydrogen) atoms. The molecular weight excluding hydrogens is 238 g/mol. The zero-order valence-electron chi connectivity index (χ0n) is 9.82. The van der Waals surface area contributed by atoms with Gasteiger partial charge in [0.1, 0.15) is 0 Å². The predicted molar refractivity (Wildman–Crippen MR) is 69.0 cm³/mol. The number of carboxylic acid groups (broad SMARTS) is 1. The maximum absolute atomic E-state index is 10.8. The highest BCUT2D eigenvalue weighted by molar-refractivity contribution is 6.33. The third kappa shape index (κ3) is 2.55. The van der Waals surface area contributed by atoms with Crippen molar-refractivity contribution in [1.29, 1.82) is 0 Å². The fraction of sp³-hybridized carbons (Fsp3) is 0.462. The maximum Gasteiger partial charge on any atom is 0.335 e. The van der Waals surface area contributed by atoms with Gasteiger partial charge in [0, 0.05) is 13.1 Å². The minimum atomic E-state index is -0.939. The van der Waals surface area contributed by atoms with Gasteiger partial charge in [-0.15, -0.1) is 0 Å². The Bertz CT molecular complexity index is 427. The summed E-state index contributed by atoms with van der Waals surface area (Å²) in [6.07, 6.45) is 2.46. The van der Waals surface area contributed by atoms with Gasteiger partial charge in [0.15, 0.2) is 0 Å². The summed E-state index contributed by atoms with van der Waals surface area (Å²) in [5.41, 5.74) is 1.19. The molecule has 1 aliphatic heterocycles. The number of hydrogen-bond donors (Lipinski definition) is 1. The molecule has 0 aliphatic carbocycles. The van der Waals surface area contributed by atoms with Crippen molar-refractivity contribution in [2.24, 2.45) is 5.92 Å². The van der Waals surface area contributed by atoms with Crippen LogP contribution < -0.4 is 4.90 Å². The number of halogens is 1. The summed E-state index contributed by atoms with van der Waals surface area (Å²) >= 11 is 6.10. The number of aromatic carboxylic acids is 1. The highest BCUT2D eigenvalue weighted by atomic mass is 35.5. The Balaban J connectivity index is 2.06. The molecule has 0 atom stereocenters. The molecule has 0 spiro atoms. The maximum atomic E-state index is 10.8. The Labute approximate surface area is 106 Å². The number of carbonyl (C=O) groups is 1. The monoisotopic (exact) mass is 253 g/mol. The van der Waals surface area contributed by atoms with Crippen molar-refractivity contribution >= 4 is 23.3 Å². The molecule has 1 N–H and O–H groups in total. The summed E-state index contributed by atoms with van der Waals surface area (Å²) in [4.78, 5) is 13.0. The lowest BCUT2D eigenvalue weighted by molar-refractivity contribution is 0.0697. The van der Waals surface area contributed by atoms with Crippen LogP contribution in [0, 0.1) is 5.92 Å². The van der Waals surface area contributed by atoms with Gasteiger partial charge in [-0.1, -0.05) is 24.9 Å². The summed E-state index contributed by atoms with van der Waals surface area (Å²) in [6.45, 7) is 4.25. The van der Waals surface area contributed by atoms with Crippen molar-refractivity contribution in [1.82, 2.24) is 0 Å². The van der Waals surface area contributed by atoms with Crippen LogP contribution in [0.4, 0.5) is 5.69 Å². The van der Waals surface area contributed by atoms with E-state index in [-0.39, 0.29) is 5.56 Å². The Morgan fingerprint density at radius 2 is 2.24 bits per heavy atom. The molecule has 0 saturated carbocycles. The van der Waals surface area contributed by atoms with Gasteiger partial charge in [0.25, 0.3) is 0 Å². The molecule has 0 amide bonds. The molecule has 0 aromatic heterocycles. The standard InChI is InChI=1S/C13H16ClNO2/c1-2-3-9-7-15(8-9)12-5-4-10(13(16)17)6-11(12)14/h4-6,9H,2-3,7-8H2,1H3,(H,16,17). The average molecular weight is 254 g/mol. The first-order valence-corrected chi connectivity index (χ1v) is 6.27. The molecule has 4 heteroatoms. The first kappa shape index (κ1) is 12.2. The lowest BCUT2D eigenvalue weighted by Gasteiger charge is -2.41. The molecule has 1 saturated heterocycles. The molecule has 2 rings (SSSR count). The summed E-state index contributed by atoms with van der Waals surface area (Å²) in [7, 11) is 0. The van der Waals surface area contributed by atoms with E-state index in [0.29, 0.717) is 5.02 Å². The second kappa shape index (κ2) is 4.96. The molecule has 1 fully saturated rings. The molecule has 1 heterocycles. The molecule has 0 bridgehead atoms. The zero-order valence-corrected chi connectivity index (χ0v) is 10.6. The molecular formula is C13H16ClNO2. The Kier molecular flexibility index (Phi) is 3.57.